The van der Waals surface area contributed by atoms with Crippen LogP contribution in [-0.4, -0.2) is 16.5 Å². The molecular formula is C7H14ClN5. The van der Waals surface area contributed by atoms with Crippen LogP contribution in [0.4, 0.5) is 17.5 Å². The first-order valence-electron chi connectivity index (χ1n) is 3.78. The summed E-state index contributed by atoms with van der Waals surface area (Å²) in [5.74, 6) is 0.861. The fraction of sp³-hybridized carbons (Fsp3) is 0.429. The molecule has 0 atom stereocenters. The smallest absolute Gasteiger partial charge is 0.224 e. The Morgan fingerprint density at radius 3 is 2.38 bits per heavy atom. The molecular weight excluding hydrogens is 190 g/mol. The largest absolute Gasteiger partial charge is 0.394 e. The number of hydrogen-bond donors (Lipinski definition) is 3. The lowest BCUT2D eigenvalue weighted by atomic mass is 10.3. The number of nitrogens with zero attached hydrogens (tertiary/aromatic N) is 2. The average Bonchev–Trinajstić information content (AvgIpc) is 2.01. The number of anilines is 3. The molecule has 0 aliphatic rings. The van der Waals surface area contributed by atoms with Crippen LogP contribution in [0.3, 0.4) is 0 Å². The van der Waals surface area contributed by atoms with Crippen LogP contribution in [0, 0.1) is 6.92 Å². The Bertz CT molecular complexity index is 265. The minimum atomic E-state index is 0. The third kappa shape index (κ3) is 2.62. The Morgan fingerprint density at radius 1 is 1.31 bits per heavy atom. The van der Waals surface area contributed by atoms with Gasteiger partial charge in [0.15, 0.2) is 5.82 Å². The quantitative estimate of drug-likeness (QED) is 0.662. The van der Waals surface area contributed by atoms with Crippen LogP contribution in [0.25, 0.3) is 0 Å². The molecule has 0 radical (unpaired) electrons. The third-order valence-corrected chi connectivity index (χ3v) is 1.50. The maximum Gasteiger partial charge on any atom is 0.224 e. The summed E-state index contributed by atoms with van der Waals surface area (Å²) in [7, 11) is 0. The van der Waals surface area contributed by atoms with Crippen LogP contribution >= 0.6 is 12.4 Å². The lowest BCUT2D eigenvalue weighted by molar-refractivity contribution is 1.06. The van der Waals surface area contributed by atoms with Crippen molar-refractivity contribution in [1.29, 1.82) is 0 Å². The van der Waals surface area contributed by atoms with E-state index in [2.05, 4.69) is 15.3 Å². The van der Waals surface area contributed by atoms with E-state index in [9.17, 15) is 0 Å². The van der Waals surface area contributed by atoms with Crippen molar-refractivity contribution in [3.8, 4) is 0 Å². The second kappa shape index (κ2) is 4.71. The molecule has 5 N–H and O–H groups in total. The molecule has 0 aliphatic heterocycles. The van der Waals surface area contributed by atoms with Crippen LogP contribution in [0.1, 0.15) is 12.6 Å². The van der Waals surface area contributed by atoms with Crippen molar-refractivity contribution in [1.82, 2.24) is 9.97 Å². The Labute approximate surface area is 83.3 Å². The first kappa shape index (κ1) is 11.8. The molecule has 74 valence electrons. The van der Waals surface area contributed by atoms with Crippen molar-refractivity contribution in [3.05, 3.63) is 5.69 Å². The van der Waals surface area contributed by atoms with Crippen molar-refractivity contribution >= 4 is 29.9 Å². The van der Waals surface area contributed by atoms with Gasteiger partial charge in [-0.1, -0.05) is 0 Å². The summed E-state index contributed by atoms with van der Waals surface area (Å²) in [6.07, 6.45) is 0. The van der Waals surface area contributed by atoms with Gasteiger partial charge in [0.25, 0.3) is 0 Å². The van der Waals surface area contributed by atoms with Crippen molar-refractivity contribution in [2.75, 3.05) is 23.3 Å². The van der Waals surface area contributed by atoms with Crippen molar-refractivity contribution < 1.29 is 0 Å². The normalized spacial score (nSPS) is 9.08. The van der Waals surface area contributed by atoms with E-state index in [1.807, 2.05) is 6.92 Å². The second-order valence-corrected chi connectivity index (χ2v) is 2.46. The predicted molar refractivity (Wildman–Crippen MR) is 57.0 cm³/mol. The highest BCUT2D eigenvalue weighted by Gasteiger charge is 2.03. The van der Waals surface area contributed by atoms with Gasteiger partial charge in [0.2, 0.25) is 5.95 Å². The Balaban J connectivity index is 0.00000144. The maximum atomic E-state index is 5.57. The molecule has 0 aromatic carbocycles. The predicted octanol–water partition coefficient (Wildman–Crippen LogP) is 0.803. The molecule has 0 fully saturated rings. The van der Waals surface area contributed by atoms with Gasteiger partial charge in [-0.25, -0.2) is 4.98 Å². The SMILES string of the molecule is CCNc1nc(C)c(N)c(N)n1.Cl. The molecule has 0 saturated carbocycles. The van der Waals surface area contributed by atoms with Crippen LogP contribution in [-0.2, 0) is 0 Å². The van der Waals surface area contributed by atoms with Crippen LogP contribution in [0.15, 0.2) is 0 Å². The van der Waals surface area contributed by atoms with Gasteiger partial charge in [0.05, 0.1) is 11.4 Å². The van der Waals surface area contributed by atoms with Gasteiger partial charge >= 0.3 is 0 Å². The second-order valence-electron chi connectivity index (χ2n) is 2.46. The summed E-state index contributed by atoms with van der Waals surface area (Å²) >= 11 is 0. The molecule has 1 aromatic heterocycles. The van der Waals surface area contributed by atoms with E-state index in [0.29, 0.717) is 23.1 Å². The minimum Gasteiger partial charge on any atom is -0.394 e. The summed E-state index contributed by atoms with van der Waals surface area (Å²) in [6, 6.07) is 0. The molecule has 6 heteroatoms. The number of halogens is 1. The number of aryl methyl sites for hydroxylation is 1. The molecule has 0 aliphatic carbocycles. The minimum absolute atomic E-state index is 0. The van der Waals surface area contributed by atoms with Gasteiger partial charge in [-0.15, -0.1) is 12.4 Å². The van der Waals surface area contributed by atoms with E-state index in [1.165, 1.54) is 0 Å². The summed E-state index contributed by atoms with van der Waals surface area (Å²) in [6.45, 7) is 4.53. The molecule has 0 amide bonds. The van der Waals surface area contributed by atoms with Crippen molar-refractivity contribution in [2.24, 2.45) is 0 Å². The zero-order valence-electron chi connectivity index (χ0n) is 7.66. The Kier molecular flexibility index (Phi) is 4.27. The zero-order chi connectivity index (χ0) is 9.14. The van der Waals surface area contributed by atoms with Gasteiger partial charge in [-0.3, -0.25) is 0 Å². The first-order chi connectivity index (χ1) is 5.65. The van der Waals surface area contributed by atoms with Gasteiger partial charge in [-0.05, 0) is 13.8 Å². The summed E-state index contributed by atoms with van der Waals surface area (Å²) in [5.41, 5.74) is 12.3. The zero-order valence-corrected chi connectivity index (χ0v) is 8.48. The summed E-state index contributed by atoms with van der Waals surface area (Å²) in [4.78, 5) is 8.05. The van der Waals surface area contributed by atoms with Crippen molar-refractivity contribution in [3.63, 3.8) is 0 Å². The molecule has 0 saturated heterocycles. The number of nitrogens with two attached hydrogens (primary N) is 2. The third-order valence-electron chi connectivity index (χ3n) is 1.50. The summed E-state index contributed by atoms with van der Waals surface area (Å²) in [5, 5.41) is 2.96. The molecule has 1 heterocycles. The average molecular weight is 204 g/mol. The molecule has 13 heavy (non-hydrogen) atoms. The van der Waals surface area contributed by atoms with Crippen LogP contribution in [0.2, 0.25) is 0 Å². The van der Waals surface area contributed by atoms with Gasteiger partial charge < -0.3 is 16.8 Å². The fourth-order valence-corrected chi connectivity index (χ4v) is 0.841. The Morgan fingerprint density at radius 2 is 1.92 bits per heavy atom. The van der Waals surface area contributed by atoms with Gasteiger partial charge in [0.1, 0.15) is 0 Å². The van der Waals surface area contributed by atoms with Crippen molar-refractivity contribution in [2.45, 2.75) is 13.8 Å². The van der Waals surface area contributed by atoms with Gasteiger partial charge in [0, 0.05) is 6.54 Å². The van der Waals surface area contributed by atoms with Gasteiger partial charge in [-0.2, -0.15) is 4.98 Å². The monoisotopic (exact) mass is 203 g/mol. The lowest BCUT2D eigenvalue weighted by Crippen LogP contribution is -2.08. The molecule has 0 bridgehead atoms. The number of rotatable bonds is 2. The molecule has 1 rings (SSSR count). The van der Waals surface area contributed by atoms with E-state index in [1.54, 1.807) is 6.92 Å². The van der Waals surface area contributed by atoms with Crippen LogP contribution in [0.5, 0.6) is 0 Å². The Hall–Kier alpha value is -1.23. The van der Waals surface area contributed by atoms with E-state index in [0.717, 1.165) is 6.54 Å². The highest BCUT2D eigenvalue weighted by Crippen LogP contribution is 2.16. The maximum absolute atomic E-state index is 5.57. The number of aromatic nitrogens is 2. The highest BCUT2D eigenvalue weighted by molar-refractivity contribution is 5.85. The summed E-state index contributed by atoms with van der Waals surface area (Å²) < 4.78 is 0. The highest BCUT2D eigenvalue weighted by atomic mass is 35.5. The fourth-order valence-electron chi connectivity index (χ4n) is 0.841. The molecule has 1 aromatic rings. The number of hydrogen-bond acceptors (Lipinski definition) is 5. The topological polar surface area (TPSA) is 89.8 Å². The van der Waals surface area contributed by atoms with E-state index in [-0.39, 0.29) is 12.4 Å². The lowest BCUT2D eigenvalue weighted by Gasteiger charge is -2.06. The van der Waals surface area contributed by atoms with Crippen LogP contribution < -0.4 is 16.8 Å². The molecule has 0 spiro atoms. The number of nitrogen functional groups attached to an aromatic ring is 2. The van der Waals surface area contributed by atoms with E-state index in [4.69, 9.17) is 11.5 Å². The molecule has 0 unspecified atom stereocenters. The number of nitrogens with one attached hydrogen (secondary N) is 1. The molecule has 5 nitrogen and oxygen atoms in total. The standard InChI is InChI=1S/C7H13N5.ClH/c1-3-10-7-11-4(2)5(8)6(9)12-7;/h3,8H2,1-2H3,(H3,9,10,11,12);1H. The van der Waals surface area contributed by atoms with E-state index < -0.39 is 0 Å². The van der Waals surface area contributed by atoms with E-state index >= 15 is 0 Å². The first-order valence-corrected chi connectivity index (χ1v) is 3.78.